The average molecular weight is 300 g/mol. The minimum absolute atomic E-state index is 0.240. The van der Waals surface area contributed by atoms with Gasteiger partial charge in [0.05, 0.1) is 0 Å². The lowest BCUT2D eigenvalue weighted by atomic mass is 9.92. The van der Waals surface area contributed by atoms with Gasteiger partial charge in [0, 0.05) is 6.21 Å². The van der Waals surface area contributed by atoms with E-state index in [1.807, 2.05) is 42.6 Å². The highest BCUT2D eigenvalue weighted by atomic mass is 15.0. The normalized spacial score (nSPS) is 15.8. The number of nitrogens with zero attached hydrogens (tertiary/aromatic N) is 2. The van der Waals surface area contributed by atoms with Gasteiger partial charge < -0.3 is 0 Å². The van der Waals surface area contributed by atoms with Crippen LogP contribution in [-0.2, 0) is 0 Å². The van der Waals surface area contributed by atoms with Crippen LogP contribution in [0.4, 0.5) is 0 Å². The van der Waals surface area contributed by atoms with Crippen LogP contribution in [0.2, 0.25) is 0 Å². The van der Waals surface area contributed by atoms with E-state index in [-0.39, 0.29) is 5.54 Å². The molecule has 23 heavy (non-hydrogen) atoms. The lowest BCUT2D eigenvalue weighted by Gasteiger charge is -2.19. The molecule has 0 saturated heterocycles. The second-order valence-corrected chi connectivity index (χ2v) is 5.66. The zero-order valence-electron chi connectivity index (χ0n) is 13.0. The maximum absolute atomic E-state index is 4.58. The zero-order valence-corrected chi connectivity index (χ0v) is 13.0. The summed E-state index contributed by atoms with van der Waals surface area (Å²) in [7, 11) is 0. The first-order chi connectivity index (χ1) is 11.4. The van der Waals surface area contributed by atoms with Crippen molar-refractivity contribution < 1.29 is 0 Å². The number of aliphatic imine (C=N–C) groups is 2. The molecule has 2 aromatic rings. The number of hydrogen-bond acceptors (Lipinski definition) is 2. The van der Waals surface area contributed by atoms with Crippen molar-refractivity contribution in [3.63, 3.8) is 0 Å². The van der Waals surface area contributed by atoms with Crippen LogP contribution in [0, 0.1) is 0 Å². The summed E-state index contributed by atoms with van der Waals surface area (Å²) < 4.78 is 0. The van der Waals surface area contributed by atoms with Gasteiger partial charge in [-0.2, -0.15) is 0 Å². The molecule has 0 atom stereocenters. The summed E-state index contributed by atoms with van der Waals surface area (Å²) in [6, 6.07) is 20.7. The van der Waals surface area contributed by atoms with E-state index in [0.29, 0.717) is 0 Å². The van der Waals surface area contributed by atoms with Crippen molar-refractivity contribution in [2.45, 2.75) is 18.4 Å². The first-order valence-corrected chi connectivity index (χ1v) is 7.88. The molecule has 0 saturated carbocycles. The molecular formula is C21H20N2. The second-order valence-electron chi connectivity index (χ2n) is 5.66. The fourth-order valence-corrected chi connectivity index (χ4v) is 2.57. The maximum Gasteiger partial charge on any atom is 0.110 e. The quantitative estimate of drug-likeness (QED) is 0.713. The van der Waals surface area contributed by atoms with Gasteiger partial charge in [-0.1, -0.05) is 85.0 Å². The van der Waals surface area contributed by atoms with Crippen molar-refractivity contribution in [3.05, 3.63) is 83.9 Å². The zero-order chi connectivity index (χ0) is 15.8. The average Bonchev–Trinajstić information content (AvgIpc) is 3.06. The van der Waals surface area contributed by atoms with Crippen LogP contribution in [-0.4, -0.2) is 18.1 Å². The molecule has 1 heterocycles. The Morgan fingerprint density at radius 3 is 1.70 bits per heavy atom. The van der Waals surface area contributed by atoms with Crippen LogP contribution in [0.1, 0.15) is 24.0 Å². The van der Waals surface area contributed by atoms with Crippen molar-refractivity contribution in [2.24, 2.45) is 9.98 Å². The second kappa shape index (κ2) is 7.50. The topological polar surface area (TPSA) is 24.7 Å². The van der Waals surface area contributed by atoms with Crippen LogP contribution < -0.4 is 0 Å². The first kappa shape index (κ1) is 15.2. The predicted molar refractivity (Wildman–Crippen MR) is 99.9 cm³/mol. The third-order valence-electron chi connectivity index (χ3n) is 3.86. The Bertz CT molecular complexity index is 659. The van der Waals surface area contributed by atoms with Crippen molar-refractivity contribution in [1.82, 2.24) is 0 Å². The summed E-state index contributed by atoms with van der Waals surface area (Å²) in [6.07, 6.45) is 14.0. The van der Waals surface area contributed by atoms with Gasteiger partial charge in [-0.25, -0.2) is 4.99 Å². The van der Waals surface area contributed by atoms with Gasteiger partial charge in [-0.3, -0.25) is 4.99 Å². The number of rotatable bonds is 6. The molecule has 1 aliphatic rings. The highest BCUT2D eigenvalue weighted by molar-refractivity contribution is 5.86. The van der Waals surface area contributed by atoms with E-state index in [4.69, 9.17) is 0 Å². The predicted octanol–water partition coefficient (Wildman–Crippen LogP) is 5.04. The Hall–Kier alpha value is -2.74. The fourth-order valence-electron chi connectivity index (χ4n) is 2.57. The molecule has 0 aliphatic carbocycles. The van der Waals surface area contributed by atoms with Crippen LogP contribution in [0.5, 0.6) is 0 Å². The Morgan fingerprint density at radius 1 is 0.739 bits per heavy atom. The van der Waals surface area contributed by atoms with E-state index in [9.17, 15) is 0 Å². The number of benzene rings is 2. The molecular weight excluding hydrogens is 280 g/mol. The Kier molecular flexibility index (Phi) is 4.95. The maximum atomic E-state index is 4.58. The molecule has 0 fully saturated rings. The van der Waals surface area contributed by atoms with Crippen LogP contribution >= 0.6 is 0 Å². The molecule has 0 bridgehead atoms. The molecule has 2 nitrogen and oxygen atoms in total. The largest absolute Gasteiger partial charge is 0.260 e. The Morgan fingerprint density at radius 2 is 1.26 bits per heavy atom. The third-order valence-corrected chi connectivity index (χ3v) is 3.86. The molecule has 114 valence electrons. The van der Waals surface area contributed by atoms with Gasteiger partial charge in [-0.05, 0) is 24.0 Å². The summed E-state index contributed by atoms with van der Waals surface area (Å²) in [5.74, 6) is 0. The lowest BCUT2D eigenvalue weighted by Crippen LogP contribution is -2.24. The van der Waals surface area contributed by atoms with E-state index in [0.717, 1.165) is 12.8 Å². The molecule has 0 amide bonds. The summed E-state index contributed by atoms with van der Waals surface area (Å²) in [5.41, 5.74) is 2.18. The minimum atomic E-state index is -0.240. The number of hydrogen-bond donors (Lipinski definition) is 0. The summed E-state index contributed by atoms with van der Waals surface area (Å²) in [6.45, 7) is 0. The smallest absolute Gasteiger partial charge is 0.110 e. The van der Waals surface area contributed by atoms with Crippen molar-refractivity contribution in [2.75, 3.05) is 0 Å². The SMILES string of the molecule is C1=NC=NC1(C/C=C/c1ccccc1)C/C=C/c1ccccc1. The molecule has 2 heteroatoms. The molecule has 3 rings (SSSR count). The van der Waals surface area contributed by atoms with Crippen LogP contribution in [0.25, 0.3) is 12.2 Å². The van der Waals surface area contributed by atoms with Crippen molar-refractivity contribution >= 4 is 24.7 Å². The van der Waals surface area contributed by atoms with E-state index in [2.05, 4.69) is 58.6 Å². The van der Waals surface area contributed by atoms with Gasteiger partial charge in [0.15, 0.2) is 0 Å². The Balaban J connectivity index is 1.64. The van der Waals surface area contributed by atoms with Gasteiger partial charge in [-0.15, -0.1) is 0 Å². The lowest BCUT2D eigenvalue weighted by molar-refractivity contribution is 0.610. The monoisotopic (exact) mass is 300 g/mol. The van der Waals surface area contributed by atoms with E-state index in [1.54, 1.807) is 6.34 Å². The van der Waals surface area contributed by atoms with Crippen LogP contribution in [0.15, 0.2) is 82.8 Å². The highest BCUT2D eigenvalue weighted by Crippen LogP contribution is 2.24. The van der Waals surface area contributed by atoms with Gasteiger partial charge in [0.25, 0.3) is 0 Å². The summed E-state index contributed by atoms with van der Waals surface area (Å²) >= 11 is 0. The summed E-state index contributed by atoms with van der Waals surface area (Å²) in [5, 5.41) is 0. The van der Waals surface area contributed by atoms with Gasteiger partial charge in [0.2, 0.25) is 0 Å². The van der Waals surface area contributed by atoms with Crippen molar-refractivity contribution in [3.8, 4) is 0 Å². The van der Waals surface area contributed by atoms with Crippen molar-refractivity contribution in [1.29, 1.82) is 0 Å². The summed E-state index contributed by atoms with van der Waals surface area (Å²) in [4.78, 5) is 8.78. The van der Waals surface area contributed by atoms with Crippen LogP contribution in [0.3, 0.4) is 0 Å². The van der Waals surface area contributed by atoms with E-state index < -0.39 is 0 Å². The molecule has 0 aromatic heterocycles. The molecule has 2 aromatic carbocycles. The standard InChI is InChI=1S/C21H20N2/c1-3-9-19(10-4-1)13-7-15-21(17-22-18-23-21)16-8-14-20-11-5-2-6-12-20/h1-14,17-18H,15-16H2/b13-7+,14-8+. The van der Waals surface area contributed by atoms with E-state index >= 15 is 0 Å². The molecule has 1 aliphatic heterocycles. The Labute approximate surface area is 137 Å². The molecule has 0 radical (unpaired) electrons. The molecule has 0 unspecified atom stereocenters. The molecule has 0 N–H and O–H groups in total. The van der Waals surface area contributed by atoms with E-state index in [1.165, 1.54) is 11.1 Å². The molecule has 0 spiro atoms. The van der Waals surface area contributed by atoms with Gasteiger partial charge in [0.1, 0.15) is 11.9 Å². The minimum Gasteiger partial charge on any atom is -0.260 e. The fraction of sp³-hybridized carbons (Fsp3) is 0.143. The third kappa shape index (κ3) is 4.36. The first-order valence-electron chi connectivity index (χ1n) is 7.88. The van der Waals surface area contributed by atoms with Gasteiger partial charge >= 0.3 is 0 Å². The highest BCUT2D eigenvalue weighted by Gasteiger charge is 2.26.